The van der Waals surface area contributed by atoms with E-state index in [1.807, 2.05) is 30.3 Å². The first-order chi connectivity index (χ1) is 10.5. The van der Waals surface area contributed by atoms with Gasteiger partial charge in [0.05, 0.1) is 0 Å². The number of rotatable bonds is 8. The lowest BCUT2D eigenvalue weighted by Gasteiger charge is -2.18. The van der Waals surface area contributed by atoms with Gasteiger partial charge in [0.25, 0.3) is 0 Å². The first-order valence-electron chi connectivity index (χ1n) is 6.89. The van der Waals surface area contributed by atoms with E-state index in [9.17, 15) is 19.5 Å². The van der Waals surface area contributed by atoms with Crippen molar-refractivity contribution in [3.05, 3.63) is 35.9 Å². The van der Waals surface area contributed by atoms with Gasteiger partial charge in [-0.05, 0) is 12.0 Å². The van der Waals surface area contributed by atoms with Crippen LogP contribution in [0.2, 0.25) is 0 Å². The summed E-state index contributed by atoms with van der Waals surface area (Å²) in [4.78, 5) is 33.1. The Bertz CT molecular complexity index is 508. The quantitative estimate of drug-likeness (QED) is 0.718. The summed E-state index contributed by atoms with van der Waals surface area (Å²) >= 11 is 1.14. The first kappa shape index (κ1) is 18.0. The maximum Gasteiger partial charge on any atom is 0.315 e. The number of benzene rings is 1. The van der Waals surface area contributed by atoms with Crippen LogP contribution >= 0.6 is 11.8 Å². The van der Waals surface area contributed by atoms with Gasteiger partial charge < -0.3 is 20.5 Å². The molecule has 0 heterocycles. The van der Waals surface area contributed by atoms with E-state index >= 15 is 0 Å². The molecule has 0 aromatic heterocycles. The van der Waals surface area contributed by atoms with Crippen molar-refractivity contribution in [2.45, 2.75) is 25.8 Å². The summed E-state index contributed by atoms with van der Waals surface area (Å²) < 4.78 is 0. The van der Waals surface area contributed by atoms with Gasteiger partial charge in [-0.2, -0.15) is 0 Å². The molecule has 0 saturated carbocycles. The Morgan fingerprint density at radius 1 is 1.23 bits per heavy atom. The average molecular weight is 323 g/mol. The number of carboxylic acids is 1. The summed E-state index contributed by atoms with van der Waals surface area (Å²) in [6, 6.07) is 8.94. The van der Waals surface area contributed by atoms with Crippen LogP contribution in [0.5, 0.6) is 0 Å². The van der Waals surface area contributed by atoms with Crippen molar-refractivity contribution in [3.8, 4) is 0 Å². The molecule has 1 unspecified atom stereocenters. The molecule has 1 aromatic carbocycles. The fourth-order valence-corrected chi connectivity index (χ4v) is 2.42. The fourth-order valence-electron chi connectivity index (χ4n) is 1.78. The molecule has 0 aliphatic heterocycles. The number of carbonyl (C=O) groups excluding carboxylic acids is 3. The molecule has 2 N–H and O–H groups in total. The smallest absolute Gasteiger partial charge is 0.315 e. The molecule has 7 heteroatoms. The van der Waals surface area contributed by atoms with Crippen LogP contribution in [-0.2, 0) is 16.0 Å². The van der Waals surface area contributed by atoms with E-state index in [2.05, 4.69) is 10.6 Å². The van der Waals surface area contributed by atoms with Crippen LogP contribution in [0.4, 0.5) is 4.79 Å². The molecule has 6 nitrogen and oxygen atoms in total. The number of hydrogen-bond donors (Lipinski definition) is 2. The van der Waals surface area contributed by atoms with E-state index in [4.69, 9.17) is 0 Å². The van der Waals surface area contributed by atoms with Crippen molar-refractivity contribution in [2.24, 2.45) is 0 Å². The largest absolute Gasteiger partial charge is 0.550 e. The number of urea groups is 1. The van der Waals surface area contributed by atoms with Gasteiger partial charge in [-0.1, -0.05) is 42.1 Å². The molecule has 0 radical (unpaired) electrons. The minimum Gasteiger partial charge on any atom is -0.550 e. The van der Waals surface area contributed by atoms with E-state index in [0.29, 0.717) is 12.2 Å². The van der Waals surface area contributed by atoms with Crippen LogP contribution in [0.1, 0.15) is 18.9 Å². The highest BCUT2D eigenvalue weighted by atomic mass is 32.2. The predicted molar refractivity (Wildman–Crippen MR) is 83.2 cm³/mol. The number of thioether (sulfide) groups is 1. The van der Waals surface area contributed by atoms with Gasteiger partial charge in [0.2, 0.25) is 0 Å². The second-order valence-corrected chi connectivity index (χ2v) is 5.91. The minimum absolute atomic E-state index is 0.00603. The third-order valence-electron chi connectivity index (χ3n) is 2.76. The van der Waals surface area contributed by atoms with Crippen molar-refractivity contribution >= 4 is 28.9 Å². The van der Waals surface area contributed by atoms with Crippen molar-refractivity contribution < 1.29 is 19.5 Å². The number of carboxylic acid groups (broad SMARTS) is 1. The molecule has 2 amide bonds. The van der Waals surface area contributed by atoms with Gasteiger partial charge >= 0.3 is 6.03 Å². The minimum atomic E-state index is -1.21. The van der Waals surface area contributed by atoms with Crippen molar-refractivity contribution in [3.63, 3.8) is 0 Å². The van der Waals surface area contributed by atoms with Gasteiger partial charge in [0, 0.05) is 37.7 Å². The zero-order valence-electron chi connectivity index (χ0n) is 12.3. The highest BCUT2D eigenvalue weighted by molar-refractivity contribution is 8.13. The Morgan fingerprint density at radius 2 is 1.91 bits per heavy atom. The van der Waals surface area contributed by atoms with E-state index < -0.39 is 12.0 Å². The molecule has 22 heavy (non-hydrogen) atoms. The van der Waals surface area contributed by atoms with Gasteiger partial charge in [-0.25, -0.2) is 4.79 Å². The van der Waals surface area contributed by atoms with Crippen LogP contribution in [0.3, 0.4) is 0 Å². The van der Waals surface area contributed by atoms with Crippen LogP contribution < -0.4 is 15.7 Å². The number of hydrogen-bond acceptors (Lipinski definition) is 5. The Hall–Kier alpha value is -2.02. The summed E-state index contributed by atoms with van der Waals surface area (Å²) in [5.74, 6) is -0.758. The van der Waals surface area contributed by atoms with E-state index in [1.54, 1.807) is 0 Å². The summed E-state index contributed by atoms with van der Waals surface area (Å²) in [5, 5.41) is 15.5. The Labute approximate surface area is 133 Å². The van der Waals surface area contributed by atoms with Gasteiger partial charge in [-0.15, -0.1) is 0 Å². The van der Waals surface area contributed by atoms with Gasteiger partial charge in [-0.3, -0.25) is 4.79 Å². The molecule has 0 fully saturated rings. The van der Waals surface area contributed by atoms with Crippen molar-refractivity contribution in [1.29, 1.82) is 0 Å². The summed E-state index contributed by atoms with van der Waals surface area (Å²) in [6.07, 6.45) is 0.355. The SMILES string of the molecule is CC(=O)SCC(Cc1ccccc1)NC(=O)NCCC(=O)[O-]. The van der Waals surface area contributed by atoms with E-state index in [1.165, 1.54) is 6.92 Å². The normalized spacial score (nSPS) is 11.5. The topological polar surface area (TPSA) is 98.3 Å². The molecule has 1 rings (SSSR count). The molecule has 120 valence electrons. The third-order valence-corrected chi connectivity index (χ3v) is 3.74. The lowest BCUT2D eigenvalue weighted by Crippen LogP contribution is -2.45. The van der Waals surface area contributed by atoms with Crippen LogP contribution in [-0.4, -0.2) is 35.5 Å². The Balaban J connectivity index is 2.51. The molecule has 1 atom stereocenters. The van der Waals surface area contributed by atoms with Crippen LogP contribution in [0.15, 0.2) is 30.3 Å². The van der Waals surface area contributed by atoms with Crippen molar-refractivity contribution in [1.82, 2.24) is 10.6 Å². The Morgan fingerprint density at radius 3 is 2.50 bits per heavy atom. The highest BCUT2D eigenvalue weighted by Crippen LogP contribution is 2.09. The molecule has 1 aromatic rings. The second kappa shape index (κ2) is 9.83. The first-order valence-corrected chi connectivity index (χ1v) is 7.87. The summed E-state index contributed by atoms with van der Waals surface area (Å²) in [7, 11) is 0. The summed E-state index contributed by atoms with van der Waals surface area (Å²) in [5.41, 5.74) is 1.05. The number of nitrogens with one attached hydrogen (secondary N) is 2. The average Bonchev–Trinajstić information content (AvgIpc) is 2.45. The van der Waals surface area contributed by atoms with Crippen LogP contribution in [0, 0.1) is 0 Å². The van der Waals surface area contributed by atoms with Crippen LogP contribution in [0.25, 0.3) is 0 Å². The third kappa shape index (κ3) is 8.31. The lowest BCUT2D eigenvalue weighted by molar-refractivity contribution is -0.305. The predicted octanol–water partition coefficient (Wildman–Crippen LogP) is 0.317. The van der Waals surface area contributed by atoms with Crippen molar-refractivity contribution in [2.75, 3.05) is 12.3 Å². The molecule has 0 spiro atoms. The second-order valence-electron chi connectivity index (χ2n) is 4.71. The molecule has 0 aliphatic carbocycles. The fraction of sp³-hybridized carbons (Fsp3) is 0.400. The van der Waals surface area contributed by atoms with Gasteiger partial charge in [0.1, 0.15) is 0 Å². The zero-order chi connectivity index (χ0) is 16.4. The Kier molecular flexibility index (Phi) is 8.06. The summed E-state index contributed by atoms with van der Waals surface area (Å²) in [6.45, 7) is 1.48. The molecular formula is C15H19N2O4S-. The number of carbonyl (C=O) groups is 3. The molecule has 0 aliphatic rings. The number of amides is 2. The standard InChI is InChI=1S/C15H20N2O4S/c1-11(18)22-10-13(9-12-5-3-2-4-6-12)17-15(21)16-8-7-14(19)20/h2-6,13H,7-10H2,1H3,(H,19,20)(H2,16,17,21)/p-1. The maximum atomic E-state index is 11.7. The monoisotopic (exact) mass is 323 g/mol. The maximum absolute atomic E-state index is 11.7. The number of aliphatic carboxylic acids is 1. The lowest BCUT2D eigenvalue weighted by atomic mass is 10.1. The highest BCUT2D eigenvalue weighted by Gasteiger charge is 2.14. The molecule has 0 saturated heterocycles. The molecular weight excluding hydrogens is 304 g/mol. The van der Waals surface area contributed by atoms with Gasteiger partial charge in [0.15, 0.2) is 5.12 Å². The van der Waals surface area contributed by atoms with E-state index in [0.717, 1.165) is 17.3 Å². The van der Waals surface area contributed by atoms with E-state index in [-0.39, 0.29) is 24.1 Å². The zero-order valence-corrected chi connectivity index (χ0v) is 13.2. The molecule has 0 bridgehead atoms.